The average Bonchev–Trinajstić information content (AvgIpc) is 3.11. The summed E-state index contributed by atoms with van der Waals surface area (Å²) in [6.45, 7) is -0.106. The highest BCUT2D eigenvalue weighted by atomic mass is 32.1. The predicted octanol–water partition coefficient (Wildman–Crippen LogP) is 5.02. The predicted molar refractivity (Wildman–Crippen MR) is 101 cm³/mol. The number of rotatable bonds is 4. The van der Waals surface area contributed by atoms with Gasteiger partial charge in [-0.05, 0) is 23.8 Å². The molecule has 2 aromatic carbocycles. The zero-order chi connectivity index (χ0) is 19.7. The number of fused-ring (bicyclic) bond motifs is 1. The van der Waals surface area contributed by atoms with Crippen LogP contribution in [0.2, 0.25) is 0 Å². The van der Waals surface area contributed by atoms with Gasteiger partial charge in [0.25, 0.3) is 5.56 Å². The van der Waals surface area contributed by atoms with Crippen molar-refractivity contribution >= 4 is 16.3 Å². The molecule has 0 amide bonds. The maximum atomic E-state index is 12.8. The molecule has 0 aliphatic heterocycles. The van der Waals surface area contributed by atoms with Gasteiger partial charge in [0.15, 0.2) is 4.96 Å². The molecule has 0 fully saturated rings. The Kier molecular flexibility index (Phi) is 4.64. The molecule has 0 atom stereocenters. The summed E-state index contributed by atoms with van der Waals surface area (Å²) in [5.74, 6) is 0.0629. The monoisotopic (exact) mass is 402 g/mol. The van der Waals surface area contributed by atoms with Crippen LogP contribution in [0.15, 0.2) is 70.8 Å². The van der Waals surface area contributed by atoms with Gasteiger partial charge in [0, 0.05) is 11.4 Å². The molecule has 0 saturated heterocycles. The number of nitrogens with zero attached hydrogens (tertiary/aromatic N) is 2. The van der Waals surface area contributed by atoms with Crippen LogP contribution in [0, 0.1) is 0 Å². The highest BCUT2D eigenvalue weighted by Crippen LogP contribution is 2.31. The number of thiazole rings is 1. The van der Waals surface area contributed by atoms with Crippen LogP contribution in [0.5, 0.6) is 5.75 Å². The van der Waals surface area contributed by atoms with E-state index in [0.29, 0.717) is 10.7 Å². The first-order valence-electron chi connectivity index (χ1n) is 8.27. The number of aromatic nitrogens is 2. The van der Waals surface area contributed by atoms with Gasteiger partial charge >= 0.3 is 6.18 Å². The summed E-state index contributed by atoms with van der Waals surface area (Å²) in [4.78, 5) is 17.5. The smallest absolute Gasteiger partial charge is 0.416 e. The molecule has 142 valence electrons. The number of benzene rings is 2. The second-order valence-electron chi connectivity index (χ2n) is 6.00. The Morgan fingerprint density at radius 1 is 1.04 bits per heavy atom. The number of ether oxygens (including phenoxy) is 1. The summed E-state index contributed by atoms with van der Waals surface area (Å²) < 4.78 is 45.3. The third kappa shape index (κ3) is 3.63. The van der Waals surface area contributed by atoms with Crippen molar-refractivity contribution in [3.05, 3.63) is 87.7 Å². The first kappa shape index (κ1) is 18.2. The Hall–Kier alpha value is -3.13. The van der Waals surface area contributed by atoms with E-state index in [1.165, 1.54) is 33.9 Å². The minimum atomic E-state index is -4.44. The van der Waals surface area contributed by atoms with Crippen molar-refractivity contribution in [1.82, 2.24) is 9.38 Å². The molecule has 0 aliphatic rings. The standard InChI is InChI=1S/C20H13F3N2O2S/c21-20(22,23)14-7-4-8-16(9-14)27-11-15-10-18(26)25-17(12-28-19(25)24-15)13-5-2-1-3-6-13/h1-10,12H,11H2. The normalized spacial score (nSPS) is 11.7. The minimum absolute atomic E-state index is 0.0629. The number of hydrogen-bond acceptors (Lipinski definition) is 4. The highest BCUT2D eigenvalue weighted by Gasteiger charge is 2.30. The van der Waals surface area contributed by atoms with Gasteiger partial charge in [-0.1, -0.05) is 36.4 Å². The topological polar surface area (TPSA) is 43.6 Å². The van der Waals surface area contributed by atoms with Crippen LogP contribution in [0.1, 0.15) is 11.3 Å². The van der Waals surface area contributed by atoms with E-state index in [2.05, 4.69) is 4.98 Å². The highest BCUT2D eigenvalue weighted by molar-refractivity contribution is 7.15. The molecular weight excluding hydrogens is 389 g/mol. The van der Waals surface area contributed by atoms with Gasteiger partial charge < -0.3 is 4.74 Å². The van der Waals surface area contributed by atoms with E-state index >= 15 is 0 Å². The second-order valence-corrected chi connectivity index (χ2v) is 6.84. The van der Waals surface area contributed by atoms with Crippen molar-refractivity contribution < 1.29 is 17.9 Å². The lowest BCUT2D eigenvalue weighted by atomic mass is 10.2. The molecule has 28 heavy (non-hydrogen) atoms. The molecule has 0 spiro atoms. The Bertz CT molecular complexity index is 1180. The van der Waals surface area contributed by atoms with E-state index in [1.807, 2.05) is 35.7 Å². The van der Waals surface area contributed by atoms with Crippen LogP contribution in [-0.4, -0.2) is 9.38 Å². The molecule has 4 rings (SSSR count). The van der Waals surface area contributed by atoms with Crippen molar-refractivity contribution in [3.8, 4) is 17.0 Å². The fourth-order valence-electron chi connectivity index (χ4n) is 2.77. The Morgan fingerprint density at radius 2 is 1.82 bits per heavy atom. The molecule has 0 N–H and O–H groups in total. The van der Waals surface area contributed by atoms with Gasteiger partial charge in [-0.3, -0.25) is 9.20 Å². The van der Waals surface area contributed by atoms with Gasteiger partial charge in [0.2, 0.25) is 0 Å². The minimum Gasteiger partial charge on any atom is -0.487 e. The molecular formula is C20H13F3N2O2S. The molecule has 0 radical (unpaired) electrons. The zero-order valence-electron chi connectivity index (χ0n) is 14.3. The van der Waals surface area contributed by atoms with Crippen molar-refractivity contribution in [2.45, 2.75) is 12.8 Å². The first-order chi connectivity index (χ1) is 13.4. The Morgan fingerprint density at radius 3 is 2.57 bits per heavy atom. The number of hydrogen-bond donors (Lipinski definition) is 0. The van der Waals surface area contributed by atoms with Crippen molar-refractivity contribution in [2.75, 3.05) is 0 Å². The number of alkyl halides is 3. The summed E-state index contributed by atoms with van der Waals surface area (Å²) in [5.41, 5.74) is 0.921. The quantitative estimate of drug-likeness (QED) is 0.481. The van der Waals surface area contributed by atoms with Gasteiger partial charge in [-0.15, -0.1) is 11.3 Å². The van der Waals surface area contributed by atoms with Gasteiger partial charge in [-0.25, -0.2) is 4.98 Å². The number of halogens is 3. The fraction of sp³-hybridized carbons (Fsp3) is 0.100. The molecule has 0 aliphatic carbocycles. The summed E-state index contributed by atoms with van der Waals surface area (Å²) in [6.07, 6.45) is -4.44. The molecule has 8 heteroatoms. The van der Waals surface area contributed by atoms with E-state index in [-0.39, 0.29) is 17.9 Å². The fourth-order valence-corrected chi connectivity index (χ4v) is 3.69. The van der Waals surface area contributed by atoms with Crippen LogP contribution in [0.4, 0.5) is 13.2 Å². The van der Waals surface area contributed by atoms with Crippen molar-refractivity contribution in [2.24, 2.45) is 0 Å². The third-order valence-corrected chi connectivity index (χ3v) is 4.90. The lowest BCUT2D eigenvalue weighted by molar-refractivity contribution is -0.137. The third-order valence-electron chi connectivity index (χ3n) is 4.08. The van der Waals surface area contributed by atoms with Crippen LogP contribution in [0.25, 0.3) is 16.2 Å². The van der Waals surface area contributed by atoms with Gasteiger partial charge in [0.05, 0.1) is 17.0 Å². The Balaban J connectivity index is 1.60. The largest absolute Gasteiger partial charge is 0.487 e. The summed E-state index contributed by atoms with van der Waals surface area (Å²) in [6, 6.07) is 15.4. The van der Waals surface area contributed by atoms with Crippen molar-refractivity contribution in [3.63, 3.8) is 0 Å². The van der Waals surface area contributed by atoms with Crippen LogP contribution in [-0.2, 0) is 12.8 Å². The van der Waals surface area contributed by atoms with Crippen LogP contribution < -0.4 is 10.3 Å². The van der Waals surface area contributed by atoms with Gasteiger partial charge in [0.1, 0.15) is 12.4 Å². The van der Waals surface area contributed by atoms with Crippen LogP contribution >= 0.6 is 11.3 Å². The van der Waals surface area contributed by atoms with Gasteiger partial charge in [-0.2, -0.15) is 13.2 Å². The molecule has 2 heterocycles. The Labute approximate surface area is 161 Å². The molecule has 0 bridgehead atoms. The van der Waals surface area contributed by atoms with E-state index in [1.54, 1.807) is 0 Å². The maximum absolute atomic E-state index is 12.8. The molecule has 4 nitrogen and oxygen atoms in total. The molecule has 0 saturated carbocycles. The molecule has 0 unspecified atom stereocenters. The average molecular weight is 402 g/mol. The lowest BCUT2D eigenvalue weighted by Gasteiger charge is -2.10. The maximum Gasteiger partial charge on any atom is 0.416 e. The summed E-state index contributed by atoms with van der Waals surface area (Å²) in [7, 11) is 0. The SMILES string of the molecule is O=c1cc(COc2cccc(C(F)(F)F)c2)nc2scc(-c3ccccc3)n12. The first-order valence-corrected chi connectivity index (χ1v) is 9.15. The molecule has 4 aromatic rings. The van der Waals surface area contributed by atoms with E-state index in [4.69, 9.17) is 4.74 Å². The van der Waals surface area contributed by atoms with E-state index in [9.17, 15) is 18.0 Å². The summed E-state index contributed by atoms with van der Waals surface area (Å²) in [5, 5.41) is 1.84. The zero-order valence-corrected chi connectivity index (χ0v) is 15.1. The molecule has 2 aromatic heterocycles. The van der Waals surface area contributed by atoms with E-state index in [0.717, 1.165) is 23.4 Å². The summed E-state index contributed by atoms with van der Waals surface area (Å²) >= 11 is 1.31. The second kappa shape index (κ2) is 7.12. The van der Waals surface area contributed by atoms with Crippen LogP contribution in [0.3, 0.4) is 0 Å². The van der Waals surface area contributed by atoms with E-state index < -0.39 is 11.7 Å². The van der Waals surface area contributed by atoms with Crippen molar-refractivity contribution in [1.29, 1.82) is 0 Å². The lowest BCUT2D eigenvalue weighted by Crippen LogP contribution is -2.16.